The summed E-state index contributed by atoms with van der Waals surface area (Å²) in [4.78, 5) is 31.3. The minimum absolute atomic E-state index is 0.162. The van der Waals surface area contributed by atoms with Crippen molar-refractivity contribution in [2.45, 2.75) is 26.7 Å². The minimum atomic E-state index is -0.333. The highest BCUT2D eigenvalue weighted by Crippen LogP contribution is 2.35. The average Bonchev–Trinajstić information content (AvgIpc) is 3.13. The van der Waals surface area contributed by atoms with Gasteiger partial charge in [0, 0.05) is 12.5 Å². The molecule has 0 bridgehead atoms. The number of ether oxygens (including phenoxy) is 1. The van der Waals surface area contributed by atoms with E-state index in [0.29, 0.717) is 17.3 Å². The van der Waals surface area contributed by atoms with Gasteiger partial charge in [-0.25, -0.2) is 9.88 Å². The van der Waals surface area contributed by atoms with Crippen molar-refractivity contribution in [2.75, 3.05) is 12.0 Å². The Hall–Kier alpha value is -2.73. The number of carbonyl (C=O) groups is 2. The summed E-state index contributed by atoms with van der Waals surface area (Å²) in [7, 11) is 1.60. The predicted molar refractivity (Wildman–Crippen MR) is 106 cm³/mol. The van der Waals surface area contributed by atoms with E-state index in [9.17, 15) is 9.59 Å². The van der Waals surface area contributed by atoms with Crippen LogP contribution in [-0.2, 0) is 16.0 Å². The zero-order valence-corrected chi connectivity index (χ0v) is 16.3. The molecule has 138 valence electrons. The molecule has 0 unspecified atom stereocenters. The van der Waals surface area contributed by atoms with E-state index in [1.165, 1.54) is 27.4 Å². The van der Waals surface area contributed by atoms with Gasteiger partial charge in [0.15, 0.2) is 5.13 Å². The van der Waals surface area contributed by atoms with Gasteiger partial charge in [-0.15, -0.1) is 0 Å². The van der Waals surface area contributed by atoms with E-state index in [4.69, 9.17) is 4.74 Å². The molecular weight excluding hydrogens is 360 g/mol. The molecule has 3 aromatic rings. The first-order chi connectivity index (χ1) is 12.9. The van der Waals surface area contributed by atoms with Crippen molar-refractivity contribution in [1.29, 1.82) is 0 Å². The average molecular weight is 380 g/mol. The van der Waals surface area contributed by atoms with E-state index in [1.54, 1.807) is 7.11 Å². The molecule has 6 heteroatoms. The minimum Gasteiger partial charge on any atom is -0.497 e. The lowest BCUT2D eigenvalue weighted by Gasteiger charge is -2.12. The maximum atomic E-state index is 12.9. The van der Waals surface area contributed by atoms with Crippen molar-refractivity contribution in [1.82, 2.24) is 4.98 Å². The Morgan fingerprint density at radius 3 is 2.59 bits per heavy atom. The fourth-order valence-electron chi connectivity index (χ4n) is 3.64. The van der Waals surface area contributed by atoms with Gasteiger partial charge in [0.1, 0.15) is 5.75 Å². The fraction of sp³-hybridized carbons (Fsp3) is 0.286. The smallest absolute Gasteiger partial charge is 0.239 e. The van der Waals surface area contributed by atoms with E-state index < -0.39 is 0 Å². The van der Waals surface area contributed by atoms with E-state index >= 15 is 0 Å². The van der Waals surface area contributed by atoms with Crippen LogP contribution in [0.15, 0.2) is 36.4 Å². The zero-order valence-electron chi connectivity index (χ0n) is 15.5. The molecule has 0 saturated carbocycles. The van der Waals surface area contributed by atoms with Crippen LogP contribution in [0.5, 0.6) is 5.75 Å². The third kappa shape index (κ3) is 3.32. The first kappa shape index (κ1) is 17.7. The molecule has 1 aliphatic rings. The Labute approximate surface area is 161 Å². The van der Waals surface area contributed by atoms with Crippen molar-refractivity contribution in [3.63, 3.8) is 0 Å². The first-order valence-electron chi connectivity index (χ1n) is 8.83. The number of aryl methyl sites for hydroxylation is 2. The van der Waals surface area contributed by atoms with E-state index in [1.807, 2.05) is 32.0 Å². The Bertz CT molecular complexity index is 1040. The standard InChI is InChI=1S/C21H20N2O3S/c1-12-6-13(2)8-14(7-12)9-15-10-19(24)23(20(15)25)21-22-17-11-16(26-3)4-5-18(17)27-21/h4-8,11,15H,9-10H2,1-3H3/t15-/m1/s1. The first-order valence-corrected chi connectivity index (χ1v) is 9.65. The van der Waals surface area contributed by atoms with Crippen LogP contribution in [-0.4, -0.2) is 23.9 Å². The van der Waals surface area contributed by atoms with Crippen molar-refractivity contribution in [2.24, 2.45) is 5.92 Å². The maximum Gasteiger partial charge on any atom is 0.239 e. The summed E-state index contributed by atoms with van der Waals surface area (Å²) in [6, 6.07) is 11.8. The molecule has 0 N–H and O–H groups in total. The summed E-state index contributed by atoms with van der Waals surface area (Å²) in [5.74, 6) is 0.0249. The molecule has 0 spiro atoms. The number of anilines is 1. The summed E-state index contributed by atoms with van der Waals surface area (Å²) in [6.45, 7) is 4.08. The lowest BCUT2D eigenvalue weighted by Crippen LogP contribution is -2.30. The number of benzene rings is 2. The van der Waals surface area contributed by atoms with Gasteiger partial charge < -0.3 is 4.74 Å². The number of thiazole rings is 1. The Morgan fingerprint density at radius 1 is 1.15 bits per heavy atom. The monoisotopic (exact) mass is 380 g/mol. The number of hydrogen-bond donors (Lipinski definition) is 0. The Balaban J connectivity index is 1.61. The van der Waals surface area contributed by atoms with Gasteiger partial charge >= 0.3 is 0 Å². The molecule has 0 radical (unpaired) electrons. The second-order valence-electron chi connectivity index (χ2n) is 7.00. The SMILES string of the molecule is COc1ccc2sc(N3C(=O)C[C@@H](Cc4cc(C)cc(C)c4)C3=O)nc2c1. The van der Waals surface area contributed by atoms with Gasteiger partial charge in [0.25, 0.3) is 0 Å². The summed E-state index contributed by atoms with van der Waals surface area (Å²) >= 11 is 1.35. The van der Waals surface area contributed by atoms with Gasteiger partial charge in [-0.1, -0.05) is 40.7 Å². The quantitative estimate of drug-likeness (QED) is 0.641. The molecule has 4 rings (SSSR count). The predicted octanol–water partition coefficient (Wildman–Crippen LogP) is 4.04. The lowest BCUT2D eigenvalue weighted by molar-refractivity contribution is -0.122. The number of aromatic nitrogens is 1. The van der Waals surface area contributed by atoms with Gasteiger partial charge in [-0.05, 0) is 38.0 Å². The lowest BCUT2D eigenvalue weighted by atomic mass is 9.95. The van der Waals surface area contributed by atoms with Crippen LogP contribution >= 0.6 is 11.3 Å². The normalized spacial score (nSPS) is 17.1. The Kier molecular flexibility index (Phi) is 4.44. The molecule has 1 atom stereocenters. The fourth-order valence-corrected chi connectivity index (χ4v) is 4.61. The van der Waals surface area contributed by atoms with E-state index in [2.05, 4.69) is 23.2 Å². The van der Waals surface area contributed by atoms with Crippen LogP contribution in [0.3, 0.4) is 0 Å². The highest BCUT2D eigenvalue weighted by atomic mass is 32.1. The van der Waals surface area contributed by atoms with Gasteiger partial charge in [-0.3, -0.25) is 9.59 Å². The molecule has 1 saturated heterocycles. The van der Waals surface area contributed by atoms with Gasteiger partial charge in [0.05, 0.1) is 23.2 Å². The number of carbonyl (C=O) groups excluding carboxylic acids is 2. The highest BCUT2D eigenvalue weighted by Gasteiger charge is 2.41. The van der Waals surface area contributed by atoms with E-state index in [-0.39, 0.29) is 24.2 Å². The number of imide groups is 1. The summed E-state index contributed by atoms with van der Waals surface area (Å²) in [5, 5.41) is 0.441. The molecule has 2 amide bonds. The number of amides is 2. The number of nitrogens with zero attached hydrogens (tertiary/aromatic N) is 2. The topological polar surface area (TPSA) is 59.5 Å². The molecule has 27 heavy (non-hydrogen) atoms. The van der Waals surface area contributed by atoms with Crippen LogP contribution in [0.25, 0.3) is 10.2 Å². The van der Waals surface area contributed by atoms with Crippen molar-refractivity contribution < 1.29 is 14.3 Å². The molecule has 2 heterocycles. The van der Waals surface area contributed by atoms with Crippen LogP contribution in [0, 0.1) is 19.8 Å². The molecule has 1 aliphatic heterocycles. The summed E-state index contributed by atoms with van der Waals surface area (Å²) < 4.78 is 6.14. The van der Waals surface area contributed by atoms with Crippen LogP contribution < -0.4 is 9.64 Å². The van der Waals surface area contributed by atoms with Crippen molar-refractivity contribution in [3.05, 3.63) is 53.1 Å². The largest absolute Gasteiger partial charge is 0.497 e. The second-order valence-corrected chi connectivity index (χ2v) is 8.01. The molecule has 1 aromatic heterocycles. The Morgan fingerprint density at radius 2 is 1.89 bits per heavy atom. The molecule has 5 nitrogen and oxygen atoms in total. The van der Waals surface area contributed by atoms with E-state index in [0.717, 1.165) is 15.8 Å². The summed E-state index contributed by atoms with van der Waals surface area (Å²) in [6.07, 6.45) is 0.799. The molecule has 1 fully saturated rings. The third-order valence-corrected chi connectivity index (χ3v) is 5.80. The number of hydrogen-bond acceptors (Lipinski definition) is 5. The third-order valence-electron chi connectivity index (χ3n) is 4.78. The highest BCUT2D eigenvalue weighted by molar-refractivity contribution is 7.22. The van der Waals surface area contributed by atoms with Crippen LogP contribution in [0.4, 0.5) is 5.13 Å². The molecule has 0 aliphatic carbocycles. The van der Waals surface area contributed by atoms with Crippen LogP contribution in [0.1, 0.15) is 23.1 Å². The number of rotatable bonds is 4. The van der Waals surface area contributed by atoms with Crippen molar-refractivity contribution >= 4 is 38.5 Å². The van der Waals surface area contributed by atoms with Crippen LogP contribution in [0.2, 0.25) is 0 Å². The van der Waals surface area contributed by atoms with Gasteiger partial charge in [0.2, 0.25) is 11.8 Å². The molecule has 2 aromatic carbocycles. The summed E-state index contributed by atoms with van der Waals surface area (Å²) in [5.41, 5.74) is 4.15. The van der Waals surface area contributed by atoms with Gasteiger partial charge in [-0.2, -0.15) is 0 Å². The number of methoxy groups -OCH3 is 1. The molecular formula is C21H20N2O3S. The zero-order chi connectivity index (χ0) is 19.1. The second kappa shape index (κ2) is 6.78. The maximum absolute atomic E-state index is 12.9. The number of fused-ring (bicyclic) bond motifs is 1. The van der Waals surface area contributed by atoms with Crippen molar-refractivity contribution in [3.8, 4) is 5.75 Å².